The van der Waals surface area contributed by atoms with E-state index in [1.54, 1.807) is 11.3 Å². The maximum atomic E-state index is 4.30. The van der Waals surface area contributed by atoms with E-state index in [1.165, 1.54) is 29.1 Å². The van der Waals surface area contributed by atoms with Gasteiger partial charge in [-0.3, -0.25) is 0 Å². The number of anilines is 1. The van der Waals surface area contributed by atoms with Crippen molar-refractivity contribution in [2.24, 2.45) is 0 Å². The maximum absolute atomic E-state index is 4.30. The molecule has 4 heteroatoms. The van der Waals surface area contributed by atoms with Crippen molar-refractivity contribution in [3.63, 3.8) is 0 Å². The van der Waals surface area contributed by atoms with E-state index in [0.717, 1.165) is 19.6 Å². The van der Waals surface area contributed by atoms with Gasteiger partial charge in [-0.1, -0.05) is 18.2 Å². The molecule has 1 aromatic carbocycles. The van der Waals surface area contributed by atoms with Gasteiger partial charge in [0.25, 0.3) is 0 Å². The van der Waals surface area contributed by atoms with E-state index in [1.807, 2.05) is 5.51 Å². The minimum Gasteiger partial charge on any atom is -0.371 e. The molecule has 0 radical (unpaired) electrons. The van der Waals surface area contributed by atoms with Gasteiger partial charge in [0.1, 0.15) is 0 Å². The molecular weight excluding hydrogens is 266 g/mol. The number of aromatic nitrogens is 1. The summed E-state index contributed by atoms with van der Waals surface area (Å²) < 4.78 is 0. The molecule has 0 aliphatic carbocycles. The molecule has 1 aromatic heterocycles. The van der Waals surface area contributed by atoms with Crippen molar-refractivity contribution in [1.29, 1.82) is 0 Å². The summed E-state index contributed by atoms with van der Waals surface area (Å²) in [6, 6.07) is 11.4. The van der Waals surface area contributed by atoms with Gasteiger partial charge in [0.2, 0.25) is 0 Å². The second-order valence-electron chi connectivity index (χ2n) is 5.34. The van der Waals surface area contributed by atoms with Crippen LogP contribution in [0.3, 0.4) is 0 Å². The number of nitrogens with zero attached hydrogens (tertiary/aromatic N) is 2. The van der Waals surface area contributed by atoms with Crippen LogP contribution >= 0.6 is 11.3 Å². The third kappa shape index (κ3) is 3.19. The molecule has 1 fully saturated rings. The van der Waals surface area contributed by atoms with Gasteiger partial charge in [-0.25, -0.2) is 4.98 Å². The molecule has 106 valence electrons. The molecule has 1 N–H and O–H groups in total. The predicted molar refractivity (Wildman–Crippen MR) is 85.4 cm³/mol. The van der Waals surface area contributed by atoms with Crippen molar-refractivity contribution >= 4 is 17.0 Å². The third-order valence-corrected chi connectivity index (χ3v) is 4.95. The Morgan fingerprint density at radius 3 is 2.65 bits per heavy atom. The highest BCUT2D eigenvalue weighted by molar-refractivity contribution is 7.09. The highest BCUT2D eigenvalue weighted by Crippen LogP contribution is 2.20. The first-order valence-electron chi connectivity index (χ1n) is 7.25. The van der Waals surface area contributed by atoms with Crippen LogP contribution in [0.15, 0.2) is 35.8 Å². The van der Waals surface area contributed by atoms with Gasteiger partial charge in [0.15, 0.2) is 0 Å². The average molecular weight is 287 g/mol. The summed E-state index contributed by atoms with van der Waals surface area (Å²) >= 11 is 1.75. The number of rotatable bonds is 4. The minimum atomic E-state index is 0.636. The number of piperidine rings is 1. The van der Waals surface area contributed by atoms with E-state index in [9.17, 15) is 0 Å². The highest BCUT2D eigenvalue weighted by Gasteiger charge is 2.19. The molecule has 0 unspecified atom stereocenters. The molecule has 0 atom stereocenters. The first-order valence-corrected chi connectivity index (χ1v) is 8.13. The summed E-state index contributed by atoms with van der Waals surface area (Å²) in [5.41, 5.74) is 4.46. The fourth-order valence-electron chi connectivity index (χ4n) is 2.71. The average Bonchev–Trinajstić information content (AvgIpc) is 2.92. The number of hydrogen-bond acceptors (Lipinski definition) is 4. The minimum absolute atomic E-state index is 0.636. The van der Waals surface area contributed by atoms with Crippen molar-refractivity contribution in [2.75, 3.05) is 18.0 Å². The van der Waals surface area contributed by atoms with Crippen LogP contribution in [0.25, 0.3) is 0 Å². The summed E-state index contributed by atoms with van der Waals surface area (Å²) in [5, 5.41) is 3.68. The van der Waals surface area contributed by atoms with E-state index in [4.69, 9.17) is 0 Å². The van der Waals surface area contributed by atoms with E-state index in [2.05, 4.69) is 52.5 Å². The molecule has 2 aromatic rings. The standard InChI is InChI=1S/C16H21N3S/c1-13-16(20-12-18-13)11-17-14-7-9-19(10-8-14)15-5-3-2-4-6-15/h2-6,12,14,17H,7-11H2,1H3. The Labute approximate surface area is 124 Å². The summed E-state index contributed by atoms with van der Waals surface area (Å²) in [5.74, 6) is 0. The van der Waals surface area contributed by atoms with Crippen molar-refractivity contribution in [3.8, 4) is 0 Å². The Balaban J connectivity index is 1.48. The zero-order valence-electron chi connectivity index (χ0n) is 11.9. The molecule has 0 amide bonds. The smallest absolute Gasteiger partial charge is 0.0798 e. The zero-order valence-corrected chi connectivity index (χ0v) is 12.7. The molecule has 1 aliphatic rings. The molecule has 0 saturated carbocycles. The Morgan fingerprint density at radius 2 is 2.00 bits per heavy atom. The number of para-hydroxylation sites is 1. The summed E-state index contributed by atoms with van der Waals surface area (Å²) in [6.45, 7) is 5.34. The largest absolute Gasteiger partial charge is 0.371 e. The van der Waals surface area contributed by atoms with Crippen molar-refractivity contribution in [2.45, 2.75) is 32.4 Å². The lowest BCUT2D eigenvalue weighted by Gasteiger charge is -2.34. The Morgan fingerprint density at radius 1 is 1.25 bits per heavy atom. The van der Waals surface area contributed by atoms with Gasteiger partial charge < -0.3 is 10.2 Å². The fourth-order valence-corrected chi connectivity index (χ4v) is 3.44. The van der Waals surface area contributed by atoms with Gasteiger partial charge in [-0.2, -0.15) is 0 Å². The van der Waals surface area contributed by atoms with Crippen LogP contribution in [-0.4, -0.2) is 24.1 Å². The summed E-state index contributed by atoms with van der Waals surface area (Å²) in [6.07, 6.45) is 2.43. The number of benzene rings is 1. The molecule has 1 aliphatic heterocycles. The van der Waals surface area contributed by atoms with Crippen LogP contribution in [0, 0.1) is 6.92 Å². The second kappa shape index (κ2) is 6.37. The van der Waals surface area contributed by atoms with Crippen molar-refractivity contribution in [3.05, 3.63) is 46.4 Å². The quantitative estimate of drug-likeness (QED) is 0.936. The lowest BCUT2D eigenvalue weighted by Crippen LogP contribution is -2.42. The van der Waals surface area contributed by atoms with Crippen LogP contribution in [0.4, 0.5) is 5.69 Å². The zero-order chi connectivity index (χ0) is 13.8. The predicted octanol–water partition coefficient (Wildman–Crippen LogP) is 3.21. The van der Waals surface area contributed by atoms with E-state index in [-0.39, 0.29) is 0 Å². The number of thiazole rings is 1. The van der Waals surface area contributed by atoms with Gasteiger partial charge in [-0.05, 0) is 31.9 Å². The van der Waals surface area contributed by atoms with Gasteiger partial charge >= 0.3 is 0 Å². The van der Waals surface area contributed by atoms with Crippen LogP contribution in [0.2, 0.25) is 0 Å². The summed E-state index contributed by atoms with van der Waals surface area (Å²) in [7, 11) is 0. The number of nitrogens with one attached hydrogen (secondary N) is 1. The first-order chi connectivity index (χ1) is 9.83. The van der Waals surface area contributed by atoms with Crippen LogP contribution < -0.4 is 10.2 Å². The molecule has 20 heavy (non-hydrogen) atoms. The molecule has 0 bridgehead atoms. The van der Waals surface area contributed by atoms with E-state index < -0.39 is 0 Å². The summed E-state index contributed by atoms with van der Waals surface area (Å²) in [4.78, 5) is 8.16. The molecule has 3 rings (SSSR count). The number of aryl methyl sites for hydroxylation is 1. The van der Waals surface area contributed by atoms with E-state index >= 15 is 0 Å². The first kappa shape index (κ1) is 13.6. The SMILES string of the molecule is Cc1ncsc1CNC1CCN(c2ccccc2)CC1. The van der Waals surface area contributed by atoms with Gasteiger partial charge in [0, 0.05) is 36.2 Å². The lowest BCUT2D eigenvalue weighted by molar-refractivity contribution is 0.415. The molecule has 1 saturated heterocycles. The molecule has 3 nitrogen and oxygen atoms in total. The third-order valence-electron chi connectivity index (χ3n) is 4.01. The maximum Gasteiger partial charge on any atom is 0.0798 e. The van der Waals surface area contributed by atoms with Crippen LogP contribution in [-0.2, 0) is 6.54 Å². The van der Waals surface area contributed by atoms with Crippen LogP contribution in [0.5, 0.6) is 0 Å². The molecule has 2 heterocycles. The lowest BCUT2D eigenvalue weighted by atomic mass is 10.0. The molecular formula is C16H21N3S. The Bertz CT molecular complexity index is 530. The van der Waals surface area contributed by atoms with Crippen molar-refractivity contribution < 1.29 is 0 Å². The normalized spacial score (nSPS) is 16.6. The second-order valence-corrected chi connectivity index (χ2v) is 6.28. The Hall–Kier alpha value is -1.39. The van der Waals surface area contributed by atoms with Gasteiger partial charge in [-0.15, -0.1) is 11.3 Å². The topological polar surface area (TPSA) is 28.2 Å². The van der Waals surface area contributed by atoms with E-state index in [0.29, 0.717) is 6.04 Å². The highest BCUT2D eigenvalue weighted by atomic mass is 32.1. The van der Waals surface area contributed by atoms with Crippen LogP contribution in [0.1, 0.15) is 23.4 Å². The van der Waals surface area contributed by atoms with Gasteiger partial charge in [0.05, 0.1) is 11.2 Å². The number of hydrogen-bond donors (Lipinski definition) is 1. The Kier molecular flexibility index (Phi) is 4.33. The fraction of sp³-hybridized carbons (Fsp3) is 0.438. The molecule has 0 spiro atoms. The van der Waals surface area contributed by atoms with Crippen molar-refractivity contribution in [1.82, 2.24) is 10.3 Å². The monoisotopic (exact) mass is 287 g/mol.